The highest BCUT2D eigenvalue weighted by molar-refractivity contribution is 14.1. The highest BCUT2D eigenvalue weighted by atomic mass is 127. The fraction of sp³-hybridized carbons (Fsp3) is 0. The highest BCUT2D eigenvalue weighted by Gasteiger charge is 2.14. The molecular formula is C14H7Br2IN2OS2. The maximum Gasteiger partial charge on any atom is 0.267 e. The number of rotatable bonds is 3. The van der Waals surface area contributed by atoms with E-state index in [0.717, 1.165) is 19.5 Å². The van der Waals surface area contributed by atoms with Gasteiger partial charge in [-0.1, -0.05) is 12.1 Å². The minimum Gasteiger partial charge on any atom is -0.297 e. The molecule has 3 rings (SSSR count). The van der Waals surface area contributed by atoms with E-state index in [1.165, 1.54) is 26.2 Å². The summed E-state index contributed by atoms with van der Waals surface area (Å²) in [7, 11) is 0. The Kier molecular flexibility index (Phi) is 5.33. The van der Waals surface area contributed by atoms with E-state index >= 15 is 0 Å². The van der Waals surface area contributed by atoms with Gasteiger partial charge < -0.3 is 0 Å². The Hall–Kier alpha value is -0.290. The maximum atomic E-state index is 12.2. The van der Waals surface area contributed by atoms with Crippen LogP contribution in [0.4, 0.5) is 5.13 Å². The van der Waals surface area contributed by atoms with Gasteiger partial charge in [-0.15, -0.1) is 22.7 Å². The van der Waals surface area contributed by atoms with Gasteiger partial charge >= 0.3 is 0 Å². The molecule has 1 amide bonds. The fourth-order valence-corrected chi connectivity index (χ4v) is 4.71. The number of hydrogen-bond acceptors (Lipinski definition) is 4. The van der Waals surface area contributed by atoms with Crippen LogP contribution in [0.5, 0.6) is 0 Å². The molecule has 8 heteroatoms. The molecule has 0 saturated heterocycles. The summed E-state index contributed by atoms with van der Waals surface area (Å²) in [4.78, 5) is 17.3. The van der Waals surface area contributed by atoms with Crippen LogP contribution < -0.4 is 5.32 Å². The first-order chi connectivity index (χ1) is 10.5. The summed E-state index contributed by atoms with van der Waals surface area (Å²) >= 11 is 11.8. The molecule has 0 spiro atoms. The molecule has 2 aromatic heterocycles. The van der Waals surface area contributed by atoms with E-state index in [2.05, 4.69) is 64.8 Å². The van der Waals surface area contributed by atoms with E-state index in [1.807, 2.05) is 29.6 Å². The lowest BCUT2D eigenvalue weighted by Gasteiger charge is -1.98. The third-order valence-electron chi connectivity index (χ3n) is 2.73. The predicted octanol–water partition coefficient (Wildman–Crippen LogP) is 6.25. The number of thiophene rings is 1. The molecule has 2 heterocycles. The normalized spacial score (nSPS) is 10.7. The first-order valence-corrected chi connectivity index (χ1v) is 10.4. The Morgan fingerprint density at radius 3 is 2.59 bits per heavy atom. The van der Waals surface area contributed by atoms with Crippen LogP contribution in [-0.2, 0) is 0 Å². The number of benzene rings is 1. The molecule has 1 N–H and O–H groups in total. The van der Waals surface area contributed by atoms with Crippen LogP contribution in [-0.4, -0.2) is 10.9 Å². The molecule has 0 fully saturated rings. The number of nitrogens with zero attached hydrogens (tertiary/aromatic N) is 1. The van der Waals surface area contributed by atoms with Crippen molar-refractivity contribution in [2.75, 3.05) is 5.32 Å². The number of carbonyl (C=O) groups is 1. The largest absolute Gasteiger partial charge is 0.297 e. The topological polar surface area (TPSA) is 42.0 Å². The van der Waals surface area contributed by atoms with Gasteiger partial charge in [0, 0.05) is 19.0 Å². The van der Waals surface area contributed by atoms with Gasteiger partial charge in [-0.3, -0.25) is 10.1 Å². The van der Waals surface area contributed by atoms with Crippen LogP contribution in [0.25, 0.3) is 11.3 Å². The van der Waals surface area contributed by atoms with E-state index in [4.69, 9.17) is 0 Å². The molecular weight excluding hydrogens is 563 g/mol. The van der Waals surface area contributed by atoms with Crippen molar-refractivity contribution in [3.63, 3.8) is 0 Å². The molecule has 22 heavy (non-hydrogen) atoms. The molecule has 0 aliphatic rings. The average Bonchev–Trinajstić information content (AvgIpc) is 3.08. The lowest BCUT2D eigenvalue weighted by molar-refractivity contribution is 0.103. The van der Waals surface area contributed by atoms with Crippen molar-refractivity contribution in [1.29, 1.82) is 0 Å². The van der Waals surface area contributed by atoms with Gasteiger partial charge in [0.1, 0.15) is 0 Å². The van der Waals surface area contributed by atoms with Crippen molar-refractivity contribution in [1.82, 2.24) is 4.98 Å². The molecule has 0 aliphatic carbocycles. The summed E-state index contributed by atoms with van der Waals surface area (Å²) in [5.41, 5.74) is 1.91. The van der Waals surface area contributed by atoms with Gasteiger partial charge in [0.15, 0.2) is 5.13 Å². The molecule has 0 atom stereocenters. The molecule has 3 nitrogen and oxygen atoms in total. The second kappa shape index (κ2) is 7.08. The predicted molar refractivity (Wildman–Crippen MR) is 108 cm³/mol. The zero-order valence-electron chi connectivity index (χ0n) is 10.8. The Labute approximate surface area is 165 Å². The molecule has 0 unspecified atom stereocenters. The highest BCUT2D eigenvalue weighted by Crippen LogP contribution is 2.33. The average molecular weight is 570 g/mol. The van der Waals surface area contributed by atoms with Crippen molar-refractivity contribution in [2.45, 2.75) is 0 Å². The van der Waals surface area contributed by atoms with Crippen LogP contribution in [0, 0.1) is 3.57 Å². The monoisotopic (exact) mass is 568 g/mol. The number of aromatic nitrogens is 1. The van der Waals surface area contributed by atoms with E-state index in [0.29, 0.717) is 10.0 Å². The summed E-state index contributed by atoms with van der Waals surface area (Å²) in [6.07, 6.45) is 0. The van der Waals surface area contributed by atoms with Crippen LogP contribution in [0.3, 0.4) is 0 Å². The fourth-order valence-electron chi connectivity index (χ4n) is 1.70. The number of nitrogens with one attached hydrogen (secondary N) is 1. The van der Waals surface area contributed by atoms with Crippen molar-refractivity contribution < 1.29 is 4.79 Å². The minimum absolute atomic E-state index is 0.153. The third kappa shape index (κ3) is 3.78. The van der Waals surface area contributed by atoms with Crippen LogP contribution in [0.15, 0.2) is 44.0 Å². The van der Waals surface area contributed by atoms with Crippen molar-refractivity contribution in [3.8, 4) is 11.3 Å². The van der Waals surface area contributed by atoms with Gasteiger partial charge in [-0.25, -0.2) is 4.98 Å². The quantitative estimate of drug-likeness (QED) is 0.379. The Balaban J connectivity index is 1.76. The van der Waals surface area contributed by atoms with Gasteiger partial charge in [0.05, 0.1) is 14.4 Å². The molecule has 3 aromatic rings. The molecule has 112 valence electrons. The first kappa shape index (κ1) is 16.6. The molecule has 0 saturated carbocycles. The van der Waals surface area contributed by atoms with E-state index < -0.39 is 0 Å². The number of halogens is 3. The Morgan fingerprint density at radius 2 is 1.95 bits per heavy atom. The minimum atomic E-state index is -0.153. The van der Waals surface area contributed by atoms with Gasteiger partial charge in [-0.2, -0.15) is 0 Å². The Bertz CT molecular complexity index is 810. The second-order valence-electron chi connectivity index (χ2n) is 4.23. The van der Waals surface area contributed by atoms with Crippen LogP contribution in [0.1, 0.15) is 9.67 Å². The number of carbonyl (C=O) groups excluding carboxylic acids is 1. The van der Waals surface area contributed by atoms with Crippen LogP contribution >= 0.6 is 77.1 Å². The van der Waals surface area contributed by atoms with Crippen molar-refractivity contribution in [2.24, 2.45) is 0 Å². The van der Waals surface area contributed by atoms with Gasteiger partial charge in [-0.05, 0) is 72.6 Å². The smallest absolute Gasteiger partial charge is 0.267 e. The van der Waals surface area contributed by atoms with Crippen LogP contribution in [0.2, 0.25) is 0 Å². The SMILES string of the molecule is O=C(Nc1nc(-c2ccc(I)cc2)cs1)c1cc(Br)c(Br)s1. The Morgan fingerprint density at radius 1 is 1.23 bits per heavy atom. The lowest BCUT2D eigenvalue weighted by Crippen LogP contribution is -2.09. The third-order valence-corrected chi connectivity index (χ3v) is 7.47. The van der Waals surface area contributed by atoms with Gasteiger partial charge in [0.2, 0.25) is 0 Å². The van der Waals surface area contributed by atoms with Gasteiger partial charge in [0.25, 0.3) is 5.91 Å². The van der Waals surface area contributed by atoms with Crippen molar-refractivity contribution in [3.05, 3.63) is 52.4 Å². The summed E-state index contributed by atoms with van der Waals surface area (Å²) in [5.74, 6) is -0.153. The number of hydrogen-bond donors (Lipinski definition) is 1. The molecule has 0 radical (unpaired) electrons. The lowest BCUT2D eigenvalue weighted by atomic mass is 10.2. The van der Waals surface area contributed by atoms with E-state index in [9.17, 15) is 4.79 Å². The molecule has 0 aliphatic heterocycles. The molecule has 0 bridgehead atoms. The van der Waals surface area contributed by atoms with E-state index in [-0.39, 0.29) is 5.91 Å². The first-order valence-electron chi connectivity index (χ1n) is 6.00. The summed E-state index contributed by atoms with van der Waals surface area (Å²) in [5, 5.41) is 5.38. The summed E-state index contributed by atoms with van der Waals surface area (Å²) in [6, 6.07) is 9.91. The van der Waals surface area contributed by atoms with E-state index in [1.54, 1.807) is 6.07 Å². The summed E-state index contributed by atoms with van der Waals surface area (Å²) in [6.45, 7) is 0. The summed E-state index contributed by atoms with van der Waals surface area (Å²) < 4.78 is 2.96. The molecule has 1 aromatic carbocycles. The maximum absolute atomic E-state index is 12.2. The van der Waals surface area contributed by atoms with Crippen molar-refractivity contribution >= 4 is 88.2 Å². The second-order valence-corrected chi connectivity index (χ2v) is 9.56. The zero-order valence-corrected chi connectivity index (χ0v) is 17.7. The standard InChI is InChI=1S/C14H7Br2IN2OS2/c15-9-5-11(22-12(9)16)13(20)19-14-18-10(6-21-14)7-1-3-8(17)4-2-7/h1-6H,(H,18,19,20). The number of thiazole rings is 1. The number of amides is 1. The number of anilines is 1. The zero-order chi connectivity index (χ0) is 15.7.